The predicted molar refractivity (Wildman–Crippen MR) is 159 cm³/mol. The van der Waals surface area contributed by atoms with Crippen LogP contribution in [0.2, 0.25) is 0 Å². The third-order valence-corrected chi connectivity index (χ3v) is 7.27. The number of benzene rings is 7. The molecule has 0 fully saturated rings. The largest absolute Gasteiger partial charge is 0.457 e. The third kappa shape index (κ3) is 4.01. The van der Waals surface area contributed by atoms with Crippen LogP contribution in [-0.4, -0.2) is 0 Å². The number of aryl methyl sites for hydroxylation is 1. The van der Waals surface area contributed by atoms with Gasteiger partial charge in [-0.1, -0.05) is 79.7 Å². The van der Waals surface area contributed by atoms with E-state index in [9.17, 15) is 0 Å². The Bertz CT molecular complexity index is 1970. The van der Waals surface area contributed by atoms with E-state index >= 15 is 0 Å². The van der Waals surface area contributed by atoms with Crippen molar-refractivity contribution < 1.29 is 9.47 Å². The van der Waals surface area contributed by atoms with Gasteiger partial charge in [-0.05, 0) is 98.9 Å². The Morgan fingerprint density at radius 2 is 0.921 bits per heavy atom. The summed E-state index contributed by atoms with van der Waals surface area (Å²) in [6, 6.07) is 44.3. The van der Waals surface area contributed by atoms with Gasteiger partial charge in [-0.25, -0.2) is 0 Å². The number of ether oxygens (including phenoxy) is 2. The van der Waals surface area contributed by atoms with Crippen LogP contribution in [0.1, 0.15) is 12.5 Å². The van der Waals surface area contributed by atoms with Crippen LogP contribution in [0.3, 0.4) is 0 Å². The number of rotatable bonds is 5. The minimum atomic E-state index is 0.804. The highest BCUT2D eigenvalue weighted by Crippen LogP contribution is 2.38. The van der Waals surface area contributed by atoms with Gasteiger partial charge in [0.2, 0.25) is 0 Å². The zero-order valence-corrected chi connectivity index (χ0v) is 21.1. The summed E-state index contributed by atoms with van der Waals surface area (Å²) in [6.07, 6.45) is 0.834. The molecule has 7 aromatic rings. The summed E-state index contributed by atoms with van der Waals surface area (Å²) in [5.41, 5.74) is 1.10. The molecule has 0 radical (unpaired) electrons. The van der Waals surface area contributed by atoms with E-state index in [4.69, 9.17) is 9.47 Å². The molecular weight excluding hydrogens is 464 g/mol. The van der Waals surface area contributed by atoms with Crippen LogP contribution in [-0.2, 0) is 6.42 Å². The minimum Gasteiger partial charge on any atom is -0.457 e. The molecule has 0 bridgehead atoms. The van der Waals surface area contributed by atoms with Crippen molar-refractivity contribution in [2.45, 2.75) is 13.3 Å². The van der Waals surface area contributed by atoms with Crippen molar-refractivity contribution in [1.82, 2.24) is 0 Å². The quantitative estimate of drug-likeness (QED) is 0.223. The summed E-state index contributed by atoms with van der Waals surface area (Å²) in [4.78, 5) is 0. The lowest BCUT2D eigenvalue weighted by Crippen LogP contribution is -1.94. The lowest BCUT2D eigenvalue weighted by molar-refractivity contribution is 0.469. The van der Waals surface area contributed by atoms with Crippen molar-refractivity contribution in [3.05, 3.63) is 133 Å². The second kappa shape index (κ2) is 9.24. The van der Waals surface area contributed by atoms with E-state index in [0.717, 1.165) is 45.8 Å². The summed E-state index contributed by atoms with van der Waals surface area (Å²) in [5.74, 6) is 3.37. The van der Waals surface area contributed by atoms with E-state index < -0.39 is 0 Å². The first kappa shape index (κ1) is 22.4. The number of hydrogen-bond donors (Lipinski definition) is 0. The Morgan fingerprint density at radius 3 is 1.47 bits per heavy atom. The topological polar surface area (TPSA) is 18.5 Å². The summed E-state index contributed by atoms with van der Waals surface area (Å²) < 4.78 is 13.0. The number of fused-ring (bicyclic) bond motifs is 4. The molecule has 0 unspecified atom stereocenters. The van der Waals surface area contributed by atoms with Crippen molar-refractivity contribution in [1.29, 1.82) is 0 Å². The van der Waals surface area contributed by atoms with Crippen molar-refractivity contribution in [2.75, 3.05) is 0 Å². The molecule has 0 aliphatic heterocycles. The summed E-state index contributed by atoms with van der Waals surface area (Å²) in [5, 5.41) is 9.42. The van der Waals surface area contributed by atoms with Crippen LogP contribution < -0.4 is 9.47 Å². The summed E-state index contributed by atoms with van der Waals surface area (Å²) in [7, 11) is 0. The average Bonchev–Trinajstić information content (AvgIpc) is 2.96. The molecule has 0 aromatic heterocycles. The van der Waals surface area contributed by atoms with Crippen molar-refractivity contribution in [3.8, 4) is 23.0 Å². The highest BCUT2D eigenvalue weighted by molar-refractivity contribution is 6.02. The molecule has 0 aliphatic carbocycles. The molecule has 2 heteroatoms. The van der Waals surface area contributed by atoms with E-state index in [-0.39, 0.29) is 0 Å². The van der Waals surface area contributed by atoms with Gasteiger partial charge in [-0.15, -0.1) is 0 Å². The van der Waals surface area contributed by atoms with Gasteiger partial charge in [-0.2, -0.15) is 0 Å². The van der Waals surface area contributed by atoms with E-state index in [0.29, 0.717) is 0 Å². The fraction of sp³-hybridized carbons (Fsp3) is 0.0556. The van der Waals surface area contributed by atoms with Gasteiger partial charge >= 0.3 is 0 Å². The van der Waals surface area contributed by atoms with Crippen molar-refractivity contribution in [3.63, 3.8) is 0 Å². The van der Waals surface area contributed by atoms with Gasteiger partial charge in [0.15, 0.2) is 0 Å². The summed E-state index contributed by atoms with van der Waals surface area (Å²) >= 11 is 0. The molecule has 7 aromatic carbocycles. The average molecular weight is 491 g/mol. The van der Waals surface area contributed by atoms with Crippen LogP contribution in [0.5, 0.6) is 23.0 Å². The Hall–Kier alpha value is -4.82. The fourth-order valence-corrected chi connectivity index (χ4v) is 5.29. The second-order valence-corrected chi connectivity index (χ2v) is 9.68. The molecule has 0 saturated carbocycles. The molecule has 0 atom stereocenters. The molecular formula is C36H26O2. The lowest BCUT2D eigenvalue weighted by atomic mass is 10.0. The first-order valence-corrected chi connectivity index (χ1v) is 13.1. The smallest absolute Gasteiger partial charge is 0.135 e. The standard InChI is InChI=1S/C36H26O2/c1-2-24-21-31(37-35-15-7-13-29-19-25-9-3-5-11-27(25)22-32(29)35)17-18-34(24)38-36-16-8-14-30-20-26-10-4-6-12-28(26)23-33(30)36/h3-23H,2H2,1H3. The van der Waals surface area contributed by atoms with E-state index in [1.807, 2.05) is 24.3 Å². The molecule has 2 nitrogen and oxygen atoms in total. The number of hydrogen-bond acceptors (Lipinski definition) is 2. The Labute approximate surface area is 221 Å². The highest BCUT2D eigenvalue weighted by Gasteiger charge is 2.11. The van der Waals surface area contributed by atoms with Gasteiger partial charge in [0.25, 0.3) is 0 Å². The second-order valence-electron chi connectivity index (χ2n) is 9.68. The third-order valence-electron chi connectivity index (χ3n) is 7.27. The van der Waals surface area contributed by atoms with E-state index in [2.05, 4.69) is 110 Å². The summed E-state index contributed by atoms with van der Waals surface area (Å²) in [6.45, 7) is 2.15. The maximum absolute atomic E-state index is 6.53. The van der Waals surface area contributed by atoms with Crippen molar-refractivity contribution in [2.24, 2.45) is 0 Å². The molecule has 0 N–H and O–H groups in total. The van der Waals surface area contributed by atoms with Gasteiger partial charge < -0.3 is 9.47 Å². The first-order valence-electron chi connectivity index (χ1n) is 13.1. The SMILES string of the molecule is CCc1cc(Oc2cccc3cc4ccccc4cc23)ccc1Oc1cccc2cc3ccccc3cc12. The zero-order chi connectivity index (χ0) is 25.5. The maximum Gasteiger partial charge on any atom is 0.135 e. The van der Waals surface area contributed by atoms with E-state index in [1.165, 1.54) is 32.3 Å². The normalized spacial score (nSPS) is 11.4. The van der Waals surface area contributed by atoms with Gasteiger partial charge in [0.05, 0.1) is 0 Å². The van der Waals surface area contributed by atoms with Gasteiger partial charge in [0, 0.05) is 10.8 Å². The van der Waals surface area contributed by atoms with E-state index in [1.54, 1.807) is 0 Å². The Balaban J connectivity index is 1.24. The molecule has 7 rings (SSSR count). The predicted octanol–water partition coefficient (Wildman–Crippen LogP) is 10.4. The fourth-order valence-electron chi connectivity index (χ4n) is 5.29. The molecule has 0 amide bonds. The molecule has 0 saturated heterocycles. The Kier molecular flexibility index (Phi) is 5.44. The van der Waals surface area contributed by atoms with Gasteiger partial charge in [0.1, 0.15) is 23.0 Å². The molecule has 0 aliphatic rings. The molecule has 0 spiro atoms. The first-order chi connectivity index (χ1) is 18.7. The highest BCUT2D eigenvalue weighted by atomic mass is 16.5. The maximum atomic E-state index is 6.53. The van der Waals surface area contributed by atoms with Crippen LogP contribution in [0.4, 0.5) is 0 Å². The Morgan fingerprint density at radius 1 is 0.421 bits per heavy atom. The zero-order valence-electron chi connectivity index (χ0n) is 21.1. The molecule has 38 heavy (non-hydrogen) atoms. The molecule has 0 heterocycles. The van der Waals surface area contributed by atoms with Gasteiger partial charge in [-0.3, -0.25) is 0 Å². The lowest BCUT2D eigenvalue weighted by Gasteiger charge is -2.15. The monoisotopic (exact) mass is 490 g/mol. The van der Waals surface area contributed by atoms with Crippen LogP contribution >= 0.6 is 0 Å². The van der Waals surface area contributed by atoms with Crippen molar-refractivity contribution >= 4 is 43.1 Å². The minimum absolute atomic E-state index is 0.804. The molecule has 182 valence electrons. The van der Waals surface area contributed by atoms with Crippen LogP contribution in [0.25, 0.3) is 43.1 Å². The van der Waals surface area contributed by atoms with Crippen LogP contribution in [0, 0.1) is 0 Å². The van der Waals surface area contributed by atoms with Crippen LogP contribution in [0.15, 0.2) is 127 Å².